The van der Waals surface area contributed by atoms with E-state index in [-0.39, 0.29) is 18.5 Å². The molecule has 0 aliphatic heterocycles. The summed E-state index contributed by atoms with van der Waals surface area (Å²) in [6, 6.07) is 2.91. The number of halogens is 2. The molecule has 18 heavy (non-hydrogen) atoms. The lowest BCUT2D eigenvalue weighted by atomic mass is 9.75. The molecule has 2 rings (SSSR count). The fourth-order valence-corrected chi connectivity index (χ4v) is 1.87. The summed E-state index contributed by atoms with van der Waals surface area (Å²) in [5, 5.41) is 11.7. The SMILES string of the molecule is Cc1cc(NC(=O)C(F)(F)C2(O)CCC2)ccn1. The molecule has 1 amide bonds. The number of aromatic nitrogens is 1. The third kappa shape index (κ3) is 2.08. The van der Waals surface area contributed by atoms with Gasteiger partial charge in [-0.1, -0.05) is 0 Å². The number of hydrogen-bond acceptors (Lipinski definition) is 3. The summed E-state index contributed by atoms with van der Waals surface area (Å²) < 4.78 is 27.5. The summed E-state index contributed by atoms with van der Waals surface area (Å²) in [5.74, 6) is -5.25. The minimum Gasteiger partial charge on any atom is -0.383 e. The van der Waals surface area contributed by atoms with Crippen LogP contribution in [0.2, 0.25) is 0 Å². The van der Waals surface area contributed by atoms with Crippen molar-refractivity contribution in [1.82, 2.24) is 4.98 Å². The van der Waals surface area contributed by atoms with Gasteiger partial charge in [0.2, 0.25) is 0 Å². The Hall–Kier alpha value is -1.56. The van der Waals surface area contributed by atoms with Crippen molar-refractivity contribution in [3.8, 4) is 0 Å². The van der Waals surface area contributed by atoms with Gasteiger partial charge in [0.25, 0.3) is 5.91 Å². The quantitative estimate of drug-likeness (QED) is 0.868. The molecule has 0 atom stereocenters. The first-order valence-electron chi connectivity index (χ1n) is 5.69. The number of pyridine rings is 1. The minimum atomic E-state index is -3.78. The van der Waals surface area contributed by atoms with Crippen molar-refractivity contribution >= 4 is 11.6 Å². The molecule has 0 spiro atoms. The van der Waals surface area contributed by atoms with E-state index in [9.17, 15) is 18.7 Å². The number of nitrogens with one attached hydrogen (secondary N) is 1. The molecule has 0 radical (unpaired) electrons. The van der Waals surface area contributed by atoms with E-state index in [2.05, 4.69) is 10.3 Å². The predicted octanol–water partition coefficient (Wildman–Crippen LogP) is 1.88. The summed E-state index contributed by atoms with van der Waals surface area (Å²) in [7, 11) is 0. The monoisotopic (exact) mass is 256 g/mol. The molecule has 0 saturated heterocycles. The number of aryl methyl sites for hydroxylation is 1. The van der Waals surface area contributed by atoms with Crippen LogP contribution in [0.15, 0.2) is 18.3 Å². The Bertz CT molecular complexity index is 473. The summed E-state index contributed by atoms with van der Waals surface area (Å²) in [5.41, 5.74) is -1.34. The Morgan fingerprint density at radius 2 is 2.22 bits per heavy atom. The van der Waals surface area contributed by atoms with E-state index in [1.807, 2.05) is 0 Å². The Kier molecular flexibility index (Phi) is 3.06. The van der Waals surface area contributed by atoms with Gasteiger partial charge in [-0.15, -0.1) is 0 Å². The molecule has 1 aromatic heterocycles. The van der Waals surface area contributed by atoms with Crippen LogP contribution in [-0.4, -0.2) is 27.5 Å². The number of carbonyl (C=O) groups is 1. The van der Waals surface area contributed by atoms with Crippen LogP contribution in [0.1, 0.15) is 25.0 Å². The number of aliphatic hydroxyl groups is 1. The summed E-state index contributed by atoms with van der Waals surface area (Å²) in [6.07, 6.45) is 1.82. The maximum absolute atomic E-state index is 13.8. The Balaban J connectivity index is 2.12. The number of amides is 1. The molecule has 1 saturated carbocycles. The Labute approximate surface area is 103 Å². The molecule has 1 aromatic rings. The molecule has 1 aliphatic carbocycles. The number of nitrogens with zero attached hydrogens (tertiary/aromatic N) is 1. The van der Waals surface area contributed by atoms with Gasteiger partial charge in [0.05, 0.1) is 0 Å². The number of alkyl halides is 2. The molecular formula is C12H14F2N2O2. The van der Waals surface area contributed by atoms with Crippen LogP contribution < -0.4 is 5.32 Å². The fourth-order valence-electron chi connectivity index (χ4n) is 1.87. The standard InChI is InChI=1S/C12H14F2N2O2/c1-8-7-9(3-6-15-8)16-10(17)12(13,14)11(18)4-2-5-11/h3,6-7,18H,2,4-5H2,1H3,(H,15,16,17). The molecular weight excluding hydrogens is 242 g/mol. The van der Waals surface area contributed by atoms with Gasteiger partial charge < -0.3 is 10.4 Å². The van der Waals surface area contributed by atoms with E-state index in [0.717, 1.165) is 0 Å². The van der Waals surface area contributed by atoms with E-state index in [1.54, 1.807) is 6.92 Å². The predicted molar refractivity (Wildman–Crippen MR) is 61.4 cm³/mol. The molecule has 98 valence electrons. The lowest BCUT2D eigenvalue weighted by Crippen LogP contribution is -2.59. The summed E-state index contributed by atoms with van der Waals surface area (Å²) in [4.78, 5) is 15.4. The average Bonchev–Trinajstić information content (AvgIpc) is 2.25. The van der Waals surface area contributed by atoms with Crippen molar-refractivity contribution in [3.05, 3.63) is 24.0 Å². The van der Waals surface area contributed by atoms with Crippen molar-refractivity contribution in [2.24, 2.45) is 0 Å². The smallest absolute Gasteiger partial charge is 0.352 e. The molecule has 4 nitrogen and oxygen atoms in total. The number of rotatable bonds is 3. The maximum atomic E-state index is 13.8. The number of carbonyl (C=O) groups excluding carboxylic acids is 1. The van der Waals surface area contributed by atoms with Gasteiger partial charge in [0, 0.05) is 17.6 Å². The zero-order chi connectivity index (χ0) is 13.4. The van der Waals surface area contributed by atoms with Crippen molar-refractivity contribution in [2.75, 3.05) is 5.32 Å². The zero-order valence-corrected chi connectivity index (χ0v) is 9.91. The fraction of sp³-hybridized carbons (Fsp3) is 0.500. The maximum Gasteiger partial charge on any atom is 0.352 e. The van der Waals surface area contributed by atoms with Crippen LogP contribution in [0.3, 0.4) is 0 Å². The van der Waals surface area contributed by atoms with E-state index in [0.29, 0.717) is 12.1 Å². The molecule has 1 aliphatic rings. The van der Waals surface area contributed by atoms with Crippen molar-refractivity contribution < 1.29 is 18.7 Å². The molecule has 1 heterocycles. The van der Waals surface area contributed by atoms with Gasteiger partial charge in [0.15, 0.2) is 0 Å². The first kappa shape index (κ1) is 12.9. The Morgan fingerprint density at radius 1 is 1.56 bits per heavy atom. The first-order valence-corrected chi connectivity index (χ1v) is 5.69. The third-order valence-electron chi connectivity index (χ3n) is 3.20. The number of anilines is 1. The lowest BCUT2D eigenvalue weighted by Gasteiger charge is -2.41. The second kappa shape index (κ2) is 4.28. The van der Waals surface area contributed by atoms with Gasteiger partial charge in [-0.05, 0) is 38.3 Å². The van der Waals surface area contributed by atoms with Gasteiger partial charge >= 0.3 is 5.92 Å². The number of hydrogen-bond donors (Lipinski definition) is 2. The van der Waals surface area contributed by atoms with Crippen LogP contribution in [-0.2, 0) is 4.79 Å². The van der Waals surface area contributed by atoms with Crippen LogP contribution in [0.25, 0.3) is 0 Å². The van der Waals surface area contributed by atoms with Crippen LogP contribution in [0.4, 0.5) is 14.5 Å². The van der Waals surface area contributed by atoms with Crippen LogP contribution in [0, 0.1) is 6.92 Å². The molecule has 1 fully saturated rings. The third-order valence-corrected chi connectivity index (χ3v) is 3.20. The summed E-state index contributed by atoms with van der Waals surface area (Å²) in [6.45, 7) is 1.69. The highest BCUT2D eigenvalue weighted by Gasteiger charge is 2.61. The van der Waals surface area contributed by atoms with Gasteiger partial charge in [0.1, 0.15) is 5.60 Å². The van der Waals surface area contributed by atoms with Gasteiger partial charge in [-0.3, -0.25) is 9.78 Å². The Morgan fingerprint density at radius 3 is 2.72 bits per heavy atom. The highest BCUT2D eigenvalue weighted by molar-refractivity contribution is 5.97. The second-order valence-corrected chi connectivity index (χ2v) is 4.60. The largest absolute Gasteiger partial charge is 0.383 e. The van der Waals surface area contributed by atoms with E-state index in [1.165, 1.54) is 18.3 Å². The van der Waals surface area contributed by atoms with Crippen molar-refractivity contribution in [3.63, 3.8) is 0 Å². The zero-order valence-electron chi connectivity index (χ0n) is 9.91. The molecule has 2 N–H and O–H groups in total. The average molecular weight is 256 g/mol. The van der Waals surface area contributed by atoms with Crippen LogP contribution in [0.5, 0.6) is 0 Å². The van der Waals surface area contributed by atoms with E-state index < -0.39 is 17.4 Å². The van der Waals surface area contributed by atoms with Gasteiger partial charge in [-0.2, -0.15) is 8.78 Å². The summed E-state index contributed by atoms with van der Waals surface area (Å²) >= 11 is 0. The molecule has 0 aromatic carbocycles. The molecule has 0 bridgehead atoms. The highest BCUT2D eigenvalue weighted by atomic mass is 19.3. The van der Waals surface area contributed by atoms with E-state index >= 15 is 0 Å². The van der Waals surface area contributed by atoms with E-state index in [4.69, 9.17) is 0 Å². The normalized spacial score (nSPS) is 18.0. The lowest BCUT2D eigenvalue weighted by molar-refractivity contribution is -0.212. The molecule has 6 heteroatoms. The first-order chi connectivity index (χ1) is 8.35. The van der Waals surface area contributed by atoms with Crippen molar-refractivity contribution in [1.29, 1.82) is 0 Å². The minimum absolute atomic E-state index is 0.0528. The highest BCUT2D eigenvalue weighted by Crippen LogP contribution is 2.44. The molecule has 0 unspecified atom stereocenters. The van der Waals surface area contributed by atoms with Crippen molar-refractivity contribution in [2.45, 2.75) is 37.7 Å². The van der Waals surface area contributed by atoms with Gasteiger partial charge in [-0.25, -0.2) is 0 Å². The second-order valence-electron chi connectivity index (χ2n) is 4.60. The topological polar surface area (TPSA) is 62.2 Å². The van der Waals surface area contributed by atoms with Crippen LogP contribution >= 0.6 is 0 Å².